The number of rotatable bonds is 5. The molecule has 0 fully saturated rings. The zero-order valence-electron chi connectivity index (χ0n) is 20.0. The molecule has 8 nitrogen and oxygen atoms in total. The number of anilines is 2. The number of halogens is 1. The first kappa shape index (κ1) is 23.1. The Kier molecular flexibility index (Phi) is 5.89. The van der Waals surface area contributed by atoms with Gasteiger partial charge < -0.3 is 15.0 Å². The number of benzene rings is 2. The molecule has 9 heteroatoms. The summed E-state index contributed by atoms with van der Waals surface area (Å²) in [6, 6.07) is 18.5. The number of fused-ring (bicyclic) bond motifs is 1. The number of aromatic nitrogens is 4. The summed E-state index contributed by atoms with van der Waals surface area (Å²) in [5, 5.41) is 10.8. The van der Waals surface area contributed by atoms with E-state index in [1.54, 1.807) is 29.2 Å². The summed E-state index contributed by atoms with van der Waals surface area (Å²) in [7, 11) is 0. The normalized spacial score (nSPS) is 11.4. The van der Waals surface area contributed by atoms with Gasteiger partial charge in [0.2, 0.25) is 0 Å². The third-order valence-electron chi connectivity index (χ3n) is 5.56. The van der Waals surface area contributed by atoms with Crippen LogP contribution >= 0.6 is 0 Å². The molecule has 0 aliphatic carbocycles. The van der Waals surface area contributed by atoms with Gasteiger partial charge in [-0.2, -0.15) is 5.10 Å². The number of nitrogens with one attached hydrogen (secondary N) is 3. The summed E-state index contributed by atoms with van der Waals surface area (Å²) < 4.78 is 22.4. The number of hydrogen-bond donors (Lipinski definition) is 3. The molecule has 3 heterocycles. The number of nitrogens with zero attached hydrogens (tertiary/aromatic N) is 3. The molecule has 0 radical (unpaired) electrons. The number of carbonyl (C=O) groups is 1. The number of hydrogen-bond acceptors (Lipinski definition) is 4. The van der Waals surface area contributed by atoms with Gasteiger partial charge in [0, 0.05) is 29.9 Å². The van der Waals surface area contributed by atoms with Crippen LogP contribution in [0, 0.1) is 5.82 Å². The van der Waals surface area contributed by atoms with Crippen LogP contribution in [-0.4, -0.2) is 25.8 Å². The first-order valence-electron chi connectivity index (χ1n) is 11.4. The van der Waals surface area contributed by atoms with Gasteiger partial charge in [-0.15, -0.1) is 0 Å². The quantitative estimate of drug-likeness (QED) is 0.261. The van der Waals surface area contributed by atoms with Crippen molar-refractivity contribution >= 4 is 28.6 Å². The molecule has 0 aliphatic heterocycles. The topological polar surface area (TPSA) is 96.9 Å². The van der Waals surface area contributed by atoms with Gasteiger partial charge in [0.25, 0.3) is 0 Å². The monoisotopic (exact) mass is 484 g/mol. The van der Waals surface area contributed by atoms with E-state index in [-0.39, 0.29) is 11.1 Å². The molecule has 0 saturated carbocycles. The Morgan fingerprint density at radius 3 is 2.58 bits per heavy atom. The predicted octanol–water partition coefficient (Wildman–Crippen LogP) is 6.62. The van der Waals surface area contributed by atoms with Gasteiger partial charge in [-0.3, -0.25) is 5.32 Å². The van der Waals surface area contributed by atoms with Crippen LogP contribution in [0.3, 0.4) is 0 Å². The van der Waals surface area contributed by atoms with E-state index in [0.717, 1.165) is 16.8 Å². The summed E-state index contributed by atoms with van der Waals surface area (Å²) in [6.07, 6.45) is 3.36. The van der Waals surface area contributed by atoms with Crippen LogP contribution in [0.15, 0.2) is 79.1 Å². The third kappa shape index (κ3) is 4.76. The molecule has 36 heavy (non-hydrogen) atoms. The Morgan fingerprint density at radius 2 is 1.83 bits per heavy atom. The van der Waals surface area contributed by atoms with Crippen LogP contribution < -0.4 is 15.4 Å². The van der Waals surface area contributed by atoms with Crippen LogP contribution in [-0.2, 0) is 5.41 Å². The second kappa shape index (κ2) is 9.18. The standard InChI is InChI=1S/C27H25FN6O2/c1-27(2,3)23-16-24(34(33-23)17-7-5-4-6-8-17)32-26(35)31-21-10-9-18(15-20(21)28)36-22-12-14-30-25-19(22)11-13-29-25/h4-16H,1-3H3,(H,29,30)(H2,31,32,35). The number of urea groups is 1. The van der Waals surface area contributed by atoms with Crippen molar-refractivity contribution in [2.45, 2.75) is 26.2 Å². The molecule has 2 aromatic carbocycles. The lowest BCUT2D eigenvalue weighted by Gasteiger charge is -2.14. The first-order valence-corrected chi connectivity index (χ1v) is 11.4. The lowest BCUT2D eigenvalue weighted by molar-refractivity contribution is 0.262. The van der Waals surface area contributed by atoms with Crippen molar-refractivity contribution in [1.82, 2.24) is 19.7 Å². The number of para-hydroxylation sites is 1. The Hall–Kier alpha value is -4.66. The molecular weight excluding hydrogens is 459 g/mol. The molecule has 0 atom stereocenters. The fraction of sp³-hybridized carbons (Fsp3) is 0.148. The number of H-pyrrole nitrogens is 1. The highest BCUT2D eigenvalue weighted by Crippen LogP contribution is 2.30. The smallest absolute Gasteiger partial charge is 0.324 e. The molecule has 5 aromatic rings. The average molecular weight is 485 g/mol. The summed E-state index contributed by atoms with van der Waals surface area (Å²) in [6.45, 7) is 6.13. The maximum atomic E-state index is 14.9. The van der Waals surface area contributed by atoms with Crippen LogP contribution in [0.1, 0.15) is 26.5 Å². The average Bonchev–Trinajstić information content (AvgIpc) is 3.49. The van der Waals surface area contributed by atoms with Crippen molar-refractivity contribution in [2.24, 2.45) is 0 Å². The summed E-state index contributed by atoms with van der Waals surface area (Å²) >= 11 is 0. The van der Waals surface area contributed by atoms with Crippen molar-refractivity contribution in [1.29, 1.82) is 0 Å². The Morgan fingerprint density at radius 1 is 1.03 bits per heavy atom. The molecular formula is C27H25FN6O2. The highest BCUT2D eigenvalue weighted by Gasteiger charge is 2.22. The molecule has 0 aliphatic rings. The second-order valence-electron chi connectivity index (χ2n) is 9.28. The third-order valence-corrected chi connectivity index (χ3v) is 5.56. The molecule has 0 unspecified atom stereocenters. The number of ether oxygens (including phenoxy) is 1. The highest BCUT2D eigenvalue weighted by atomic mass is 19.1. The molecule has 0 spiro atoms. The van der Waals surface area contributed by atoms with E-state index in [0.29, 0.717) is 23.0 Å². The Balaban J connectivity index is 1.33. The van der Waals surface area contributed by atoms with Crippen molar-refractivity contribution in [3.63, 3.8) is 0 Å². The van der Waals surface area contributed by atoms with Gasteiger partial charge in [0.1, 0.15) is 28.8 Å². The minimum absolute atomic E-state index is 0.0168. The van der Waals surface area contributed by atoms with Gasteiger partial charge in [-0.05, 0) is 36.4 Å². The number of aromatic amines is 1. The molecule has 2 amide bonds. The van der Waals surface area contributed by atoms with E-state index in [1.807, 2.05) is 63.2 Å². The van der Waals surface area contributed by atoms with Crippen LogP contribution in [0.4, 0.5) is 20.7 Å². The molecule has 3 aromatic heterocycles. The van der Waals surface area contributed by atoms with E-state index in [4.69, 9.17) is 4.74 Å². The SMILES string of the molecule is CC(C)(C)c1cc(NC(=O)Nc2ccc(Oc3ccnc4[nH]ccc34)cc2F)n(-c2ccccc2)n1. The second-order valence-corrected chi connectivity index (χ2v) is 9.28. The van der Waals surface area contributed by atoms with Crippen LogP contribution in [0.5, 0.6) is 11.5 Å². The van der Waals surface area contributed by atoms with E-state index in [2.05, 4.69) is 25.7 Å². The van der Waals surface area contributed by atoms with Crippen molar-refractivity contribution in [2.75, 3.05) is 10.6 Å². The van der Waals surface area contributed by atoms with Crippen molar-refractivity contribution in [3.8, 4) is 17.2 Å². The first-order chi connectivity index (χ1) is 17.3. The maximum Gasteiger partial charge on any atom is 0.324 e. The van der Waals surface area contributed by atoms with Crippen molar-refractivity contribution < 1.29 is 13.9 Å². The summed E-state index contributed by atoms with van der Waals surface area (Å²) in [5.41, 5.74) is 2.07. The minimum Gasteiger partial charge on any atom is -0.456 e. The number of carbonyl (C=O) groups excluding carboxylic acids is 1. The van der Waals surface area contributed by atoms with E-state index >= 15 is 0 Å². The Labute approximate surface area is 207 Å². The lowest BCUT2D eigenvalue weighted by Crippen LogP contribution is -2.21. The molecule has 182 valence electrons. The van der Waals surface area contributed by atoms with Crippen LogP contribution in [0.2, 0.25) is 0 Å². The van der Waals surface area contributed by atoms with E-state index in [1.165, 1.54) is 12.1 Å². The number of pyridine rings is 1. The van der Waals surface area contributed by atoms with Gasteiger partial charge in [0.15, 0.2) is 0 Å². The van der Waals surface area contributed by atoms with Crippen molar-refractivity contribution in [3.05, 3.63) is 90.6 Å². The minimum atomic E-state index is -0.631. The number of amides is 2. The van der Waals surface area contributed by atoms with Gasteiger partial charge in [-0.25, -0.2) is 18.9 Å². The van der Waals surface area contributed by atoms with E-state index in [9.17, 15) is 9.18 Å². The molecule has 5 rings (SSSR count). The summed E-state index contributed by atoms with van der Waals surface area (Å²) in [5.74, 6) is 0.679. The summed E-state index contributed by atoms with van der Waals surface area (Å²) in [4.78, 5) is 20.0. The van der Waals surface area contributed by atoms with Gasteiger partial charge in [0.05, 0.1) is 22.5 Å². The molecule has 0 bridgehead atoms. The van der Waals surface area contributed by atoms with Gasteiger partial charge in [-0.1, -0.05) is 39.0 Å². The van der Waals surface area contributed by atoms with Crippen LogP contribution in [0.25, 0.3) is 16.7 Å². The molecule has 3 N–H and O–H groups in total. The largest absolute Gasteiger partial charge is 0.456 e. The zero-order valence-corrected chi connectivity index (χ0v) is 20.0. The van der Waals surface area contributed by atoms with Gasteiger partial charge >= 0.3 is 6.03 Å². The maximum absolute atomic E-state index is 14.9. The Bertz CT molecular complexity index is 1540. The fourth-order valence-electron chi connectivity index (χ4n) is 3.68. The fourth-order valence-corrected chi connectivity index (χ4v) is 3.68. The lowest BCUT2D eigenvalue weighted by atomic mass is 9.92. The van der Waals surface area contributed by atoms with E-state index < -0.39 is 11.8 Å². The highest BCUT2D eigenvalue weighted by molar-refractivity contribution is 5.99. The molecule has 0 saturated heterocycles. The predicted molar refractivity (Wildman–Crippen MR) is 137 cm³/mol. The zero-order chi connectivity index (χ0) is 25.3.